The molecular weight excluding hydrogens is 386 g/mol. The lowest BCUT2D eigenvalue weighted by Gasteiger charge is -2.30. The van der Waals surface area contributed by atoms with E-state index in [2.05, 4.69) is 15.6 Å². The summed E-state index contributed by atoms with van der Waals surface area (Å²) in [5, 5.41) is 5.46. The third kappa shape index (κ3) is 3.58. The van der Waals surface area contributed by atoms with Gasteiger partial charge in [0.25, 0.3) is 5.91 Å². The number of aryl methyl sites for hydroxylation is 1. The van der Waals surface area contributed by atoms with Crippen LogP contribution in [0.3, 0.4) is 0 Å². The standard InChI is InChI=1S/C21H23N5O4/c1-25-12-11-22-18(25)17(28)14-5-7-15(8-6-14)23-16(27)13-26-19(29)21(24-20(26)30)9-3-2-4-10-21/h5-8,11-12H,2-4,9-10,13H2,1H3,(H,23,27)(H,24,30). The van der Waals surface area contributed by atoms with Crippen molar-refractivity contribution in [1.29, 1.82) is 0 Å². The van der Waals surface area contributed by atoms with E-state index in [0.717, 1.165) is 24.2 Å². The van der Waals surface area contributed by atoms with Gasteiger partial charge in [-0.15, -0.1) is 0 Å². The molecule has 1 aromatic heterocycles. The van der Waals surface area contributed by atoms with Gasteiger partial charge >= 0.3 is 6.03 Å². The number of carbonyl (C=O) groups is 4. The highest BCUT2D eigenvalue weighted by Crippen LogP contribution is 2.33. The van der Waals surface area contributed by atoms with E-state index in [-0.39, 0.29) is 18.2 Å². The maximum atomic E-state index is 12.8. The molecule has 2 heterocycles. The van der Waals surface area contributed by atoms with Crippen LogP contribution in [0.25, 0.3) is 0 Å². The Morgan fingerprint density at radius 2 is 1.83 bits per heavy atom. The van der Waals surface area contributed by atoms with E-state index in [1.165, 1.54) is 0 Å². The molecule has 156 valence electrons. The summed E-state index contributed by atoms with van der Waals surface area (Å²) in [5.74, 6) is -0.702. The minimum absolute atomic E-state index is 0.225. The lowest BCUT2D eigenvalue weighted by Crippen LogP contribution is -2.48. The Balaban J connectivity index is 1.38. The van der Waals surface area contributed by atoms with Gasteiger partial charge in [-0.05, 0) is 37.1 Å². The summed E-state index contributed by atoms with van der Waals surface area (Å²) in [5.41, 5.74) is 0.0641. The van der Waals surface area contributed by atoms with Gasteiger partial charge in [-0.1, -0.05) is 19.3 Å². The predicted octanol–water partition coefficient (Wildman–Crippen LogP) is 1.84. The number of carbonyl (C=O) groups excluding carboxylic acids is 4. The molecule has 1 aromatic carbocycles. The Hall–Kier alpha value is -3.49. The molecule has 4 amide bonds. The van der Waals surface area contributed by atoms with Crippen molar-refractivity contribution in [3.05, 3.63) is 48.0 Å². The van der Waals surface area contributed by atoms with E-state index < -0.39 is 17.5 Å². The number of anilines is 1. The number of ketones is 1. The number of imidazole rings is 1. The second kappa shape index (κ2) is 7.74. The molecule has 0 bridgehead atoms. The van der Waals surface area contributed by atoms with Gasteiger partial charge in [-0.3, -0.25) is 19.3 Å². The number of nitrogens with one attached hydrogen (secondary N) is 2. The predicted molar refractivity (Wildman–Crippen MR) is 108 cm³/mol. The Labute approximate surface area is 173 Å². The number of aromatic nitrogens is 2. The lowest BCUT2D eigenvalue weighted by molar-refractivity contribution is -0.134. The molecule has 1 saturated carbocycles. The topological polar surface area (TPSA) is 113 Å². The van der Waals surface area contributed by atoms with Gasteiger partial charge in [0, 0.05) is 30.7 Å². The molecule has 30 heavy (non-hydrogen) atoms. The number of hydrogen-bond donors (Lipinski definition) is 2. The molecule has 2 fully saturated rings. The maximum absolute atomic E-state index is 12.8. The van der Waals surface area contributed by atoms with E-state index in [1.54, 1.807) is 48.3 Å². The van der Waals surface area contributed by atoms with Crippen LogP contribution >= 0.6 is 0 Å². The summed E-state index contributed by atoms with van der Waals surface area (Å²) < 4.78 is 1.63. The summed E-state index contributed by atoms with van der Waals surface area (Å²) in [4.78, 5) is 54.9. The van der Waals surface area contributed by atoms with E-state index in [0.29, 0.717) is 29.9 Å². The zero-order valence-electron chi connectivity index (χ0n) is 16.7. The van der Waals surface area contributed by atoms with Crippen molar-refractivity contribution in [2.24, 2.45) is 7.05 Å². The van der Waals surface area contributed by atoms with Gasteiger partial charge in [0.15, 0.2) is 5.82 Å². The molecule has 0 unspecified atom stereocenters. The molecule has 1 saturated heterocycles. The minimum atomic E-state index is -0.845. The summed E-state index contributed by atoms with van der Waals surface area (Å²) in [6, 6.07) is 5.87. The molecule has 1 aliphatic heterocycles. The molecular formula is C21H23N5O4. The fraction of sp³-hybridized carbons (Fsp3) is 0.381. The number of hydrogen-bond acceptors (Lipinski definition) is 5. The quantitative estimate of drug-likeness (QED) is 0.578. The minimum Gasteiger partial charge on any atom is -0.331 e. The van der Waals surface area contributed by atoms with Crippen molar-refractivity contribution in [2.45, 2.75) is 37.6 Å². The Kier molecular flexibility index (Phi) is 5.11. The van der Waals surface area contributed by atoms with Crippen LogP contribution in [0.1, 0.15) is 48.3 Å². The Morgan fingerprint density at radius 3 is 2.47 bits per heavy atom. The zero-order valence-corrected chi connectivity index (χ0v) is 16.7. The maximum Gasteiger partial charge on any atom is 0.325 e. The van der Waals surface area contributed by atoms with Crippen LogP contribution in [-0.2, 0) is 16.6 Å². The number of rotatable bonds is 5. The SMILES string of the molecule is Cn1ccnc1C(=O)c1ccc(NC(=O)CN2C(=O)NC3(CCCCC3)C2=O)cc1. The molecule has 4 rings (SSSR count). The fourth-order valence-corrected chi connectivity index (χ4v) is 4.08. The van der Waals surface area contributed by atoms with Gasteiger partial charge in [0.05, 0.1) is 0 Å². The lowest BCUT2D eigenvalue weighted by atomic mass is 9.82. The van der Waals surface area contributed by atoms with Gasteiger partial charge in [0.1, 0.15) is 12.1 Å². The monoisotopic (exact) mass is 409 g/mol. The van der Waals surface area contributed by atoms with Crippen LogP contribution in [0.4, 0.5) is 10.5 Å². The molecule has 0 atom stereocenters. The smallest absolute Gasteiger partial charge is 0.325 e. The largest absolute Gasteiger partial charge is 0.331 e. The molecule has 1 aliphatic carbocycles. The highest BCUT2D eigenvalue weighted by molar-refractivity contribution is 6.10. The van der Waals surface area contributed by atoms with Crippen LogP contribution < -0.4 is 10.6 Å². The van der Waals surface area contributed by atoms with E-state index in [4.69, 9.17) is 0 Å². The molecule has 2 N–H and O–H groups in total. The zero-order chi connectivity index (χ0) is 21.3. The second-order valence-electron chi connectivity index (χ2n) is 7.78. The Morgan fingerprint density at radius 1 is 1.13 bits per heavy atom. The van der Waals surface area contributed by atoms with Gasteiger partial charge in [-0.25, -0.2) is 9.78 Å². The van der Waals surface area contributed by atoms with Crippen LogP contribution in [0.2, 0.25) is 0 Å². The van der Waals surface area contributed by atoms with E-state index in [1.807, 2.05) is 0 Å². The average Bonchev–Trinajstić information content (AvgIpc) is 3.26. The molecule has 1 spiro atoms. The van der Waals surface area contributed by atoms with Crippen LogP contribution in [0.15, 0.2) is 36.7 Å². The van der Waals surface area contributed by atoms with Gasteiger partial charge < -0.3 is 15.2 Å². The first-order chi connectivity index (χ1) is 14.4. The highest BCUT2D eigenvalue weighted by Gasteiger charge is 2.51. The normalized spacial score (nSPS) is 17.8. The first kappa shape index (κ1) is 19.8. The van der Waals surface area contributed by atoms with E-state index >= 15 is 0 Å². The molecule has 9 heteroatoms. The van der Waals surface area contributed by atoms with Crippen molar-refractivity contribution in [2.75, 3.05) is 11.9 Å². The first-order valence-electron chi connectivity index (χ1n) is 9.96. The van der Waals surface area contributed by atoms with Crippen molar-refractivity contribution >= 4 is 29.3 Å². The summed E-state index contributed by atoms with van der Waals surface area (Å²) in [6.07, 6.45) is 7.28. The first-order valence-corrected chi connectivity index (χ1v) is 9.96. The third-order valence-corrected chi connectivity index (χ3v) is 5.71. The molecule has 0 radical (unpaired) electrons. The van der Waals surface area contributed by atoms with Crippen molar-refractivity contribution in [3.63, 3.8) is 0 Å². The fourth-order valence-electron chi connectivity index (χ4n) is 4.08. The van der Waals surface area contributed by atoms with Crippen LogP contribution in [0.5, 0.6) is 0 Å². The van der Waals surface area contributed by atoms with Crippen LogP contribution in [0, 0.1) is 0 Å². The number of benzene rings is 1. The van der Waals surface area contributed by atoms with Gasteiger partial charge in [-0.2, -0.15) is 0 Å². The molecule has 2 aliphatic rings. The van der Waals surface area contributed by atoms with Crippen molar-refractivity contribution in [1.82, 2.24) is 19.8 Å². The molecule has 2 aromatic rings. The van der Waals surface area contributed by atoms with E-state index in [9.17, 15) is 19.2 Å². The highest BCUT2D eigenvalue weighted by atomic mass is 16.2. The second-order valence-corrected chi connectivity index (χ2v) is 7.78. The number of nitrogens with zero attached hydrogens (tertiary/aromatic N) is 3. The van der Waals surface area contributed by atoms with Gasteiger partial charge in [0.2, 0.25) is 11.7 Å². The summed E-state index contributed by atoms with van der Waals surface area (Å²) >= 11 is 0. The number of urea groups is 1. The summed E-state index contributed by atoms with van der Waals surface area (Å²) in [7, 11) is 1.74. The third-order valence-electron chi connectivity index (χ3n) is 5.71. The van der Waals surface area contributed by atoms with Crippen molar-refractivity contribution in [3.8, 4) is 0 Å². The van der Waals surface area contributed by atoms with Crippen LogP contribution in [-0.4, -0.2) is 50.2 Å². The Bertz CT molecular complexity index is 1000. The average molecular weight is 409 g/mol. The molecule has 9 nitrogen and oxygen atoms in total. The summed E-state index contributed by atoms with van der Waals surface area (Å²) in [6.45, 7) is -0.347. The number of amides is 4. The number of imide groups is 1. The van der Waals surface area contributed by atoms with Crippen molar-refractivity contribution < 1.29 is 19.2 Å².